The Morgan fingerprint density at radius 3 is 1.92 bits per heavy atom. The van der Waals surface area contributed by atoms with Gasteiger partial charge in [0.25, 0.3) is 0 Å². The van der Waals surface area contributed by atoms with Crippen molar-refractivity contribution in [3.05, 3.63) is 0 Å². The van der Waals surface area contributed by atoms with Crippen LogP contribution in [0.15, 0.2) is 0 Å². The molecule has 0 aromatic heterocycles. The average molecular weight is 365 g/mol. The predicted molar refractivity (Wildman–Crippen MR) is 111 cm³/mol. The molecule has 0 heterocycles. The summed E-state index contributed by atoms with van der Waals surface area (Å²) in [4.78, 5) is 13.1. The summed E-state index contributed by atoms with van der Waals surface area (Å²) in [6, 6.07) is 0. The van der Waals surface area contributed by atoms with Crippen molar-refractivity contribution in [1.82, 2.24) is 0 Å². The number of unbranched alkanes of at least 4 members (excludes halogenated alkanes) is 7. The third-order valence-corrected chi connectivity index (χ3v) is 6.66. The van der Waals surface area contributed by atoms with E-state index in [4.69, 9.17) is 4.74 Å². The maximum absolute atomic E-state index is 13.1. The van der Waals surface area contributed by atoms with Crippen molar-refractivity contribution in [2.45, 2.75) is 129 Å². The van der Waals surface area contributed by atoms with Gasteiger partial charge in [-0.1, -0.05) is 90.4 Å². The van der Waals surface area contributed by atoms with E-state index in [9.17, 15) is 4.79 Å². The van der Waals surface area contributed by atoms with E-state index < -0.39 is 0 Å². The van der Waals surface area contributed by atoms with Gasteiger partial charge in [-0.3, -0.25) is 4.79 Å². The highest BCUT2D eigenvalue weighted by Crippen LogP contribution is 2.33. The van der Waals surface area contributed by atoms with Crippen molar-refractivity contribution >= 4 is 5.78 Å². The van der Waals surface area contributed by atoms with Gasteiger partial charge in [-0.2, -0.15) is 0 Å². The van der Waals surface area contributed by atoms with Gasteiger partial charge in [0.05, 0.1) is 0 Å². The number of carbonyl (C=O) groups is 1. The molecule has 0 aromatic carbocycles. The molecule has 2 heteroatoms. The lowest BCUT2D eigenvalue weighted by Gasteiger charge is -2.32. The standard InChI is InChI=1S/C24H44O2/c1-2-3-4-5-6-7-8-15-20-26-24(22-18-13-10-14-19-22)23(25)21-16-11-9-12-17-21/h21-22,24H,2-20H2,1H3. The summed E-state index contributed by atoms with van der Waals surface area (Å²) in [5.74, 6) is 1.28. The molecule has 2 saturated carbocycles. The predicted octanol–water partition coefficient (Wildman–Crippen LogP) is 7.24. The van der Waals surface area contributed by atoms with Crippen LogP contribution >= 0.6 is 0 Å². The second kappa shape index (κ2) is 13.7. The molecule has 1 atom stereocenters. The molecule has 2 nitrogen and oxygen atoms in total. The molecule has 152 valence electrons. The molecule has 0 N–H and O–H groups in total. The number of hydrogen-bond acceptors (Lipinski definition) is 2. The van der Waals surface area contributed by atoms with Crippen LogP contribution in [0.25, 0.3) is 0 Å². The SMILES string of the molecule is CCCCCCCCCCOC(C(=O)C1CCCCC1)C1CCCCC1. The number of Topliss-reactive ketones (excluding diaryl/α,β-unsaturated/α-hetero) is 1. The van der Waals surface area contributed by atoms with Gasteiger partial charge in [0.2, 0.25) is 0 Å². The van der Waals surface area contributed by atoms with Crippen molar-refractivity contribution < 1.29 is 9.53 Å². The fourth-order valence-corrected chi connectivity index (χ4v) is 4.95. The number of hydrogen-bond donors (Lipinski definition) is 0. The summed E-state index contributed by atoms with van der Waals surface area (Å²) in [7, 11) is 0. The molecule has 2 aliphatic carbocycles. The largest absolute Gasteiger partial charge is 0.370 e. The number of rotatable bonds is 13. The van der Waals surface area contributed by atoms with Crippen LogP contribution in [0.5, 0.6) is 0 Å². The smallest absolute Gasteiger partial charge is 0.164 e. The Labute approximate surface area is 162 Å². The molecular weight excluding hydrogens is 320 g/mol. The van der Waals surface area contributed by atoms with Gasteiger partial charge in [-0.25, -0.2) is 0 Å². The fourth-order valence-electron chi connectivity index (χ4n) is 4.95. The molecule has 2 rings (SSSR count). The Kier molecular flexibility index (Phi) is 11.6. The van der Waals surface area contributed by atoms with Crippen molar-refractivity contribution in [1.29, 1.82) is 0 Å². The van der Waals surface area contributed by atoms with E-state index in [1.54, 1.807) is 0 Å². The molecule has 0 aliphatic heterocycles. The quantitative estimate of drug-likeness (QED) is 0.322. The summed E-state index contributed by atoms with van der Waals surface area (Å²) >= 11 is 0. The lowest BCUT2D eigenvalue weighted by atomic mass is 9.77. The Bertz CT molecular complexity index is 353. The molecule has 26 heavy (non-hydrogen) atoms. The molecule has 0 radical (unpaired) electrons. The van der Waals surface area contributed by atoms with E-state index in [2.05, 4.69) is 6.92 Å². The maximum Gasteiger partial charge on any atom is 0.164 e. The first-order chi connectivity index (χ1) is 12.8. The third-order valence-electron chi connectivity index (χ3n) is 6.66. The van der Waals surface area contributed by atoms with E-state index in [0.29, 0.717) is 17.6 Å². The van der Waals surface area contributed by atoms with Crippen LogP contribution in [-0.2, 0) is 9.53 Å². The van der Waals surface area contributed by atoms with Crippen molar-refractivity contribution in [2.75, 3.05) is 6.61 Å². The first-order valence-electron chi connectivity index (χ1n) is 12.0. The van der Waals surface area contributed by atoms with Crippen LogP contribution in [0.4, 0.5) is 0 Å². The van der Waals surface area contributed by atoms with Crippen molar-refractivity contribution in [3.63, 3.8) is 0 Å². The minimum atomic E-state index is -0.0806. The number of ketones is 1. The van der Waals surface area contributed by atoms with Gasteiger partial charge in [0.1, 0.15) is 6.10 Å². The molecule has 2 fully saturated rings. The van der Waals surface area contributed by atoms with Crippen molar-refractivity contribution in [3.8, 4) is 0 Å². The van der Waals surface area contributed by atoms with E-state index in [-0.39, 0.29) is 6.10 Å². The second-order valence-electron chi connectivity index (χ2n) is 8.90. The normalized spacial score (nSPS) is 21.0. The van der Waals surface area contributed by atoms with Gasteiger partial charge in [-0.15, -0.1) is 0 Å². The summed E-state index contributed by atoms with van der Waals surface area (Å²) < 4.78 is 6.29. The Morgan fingerprint density at radius 1 is 0.769 bits per heavy atom. The summed E-state index contributed by atoms with van der Waals surface area (Å²) in [6.45, 7) is 3.07. The summed E-state index contributed by atoms with van der Waals surface area (Å²) in [5.41, 5.74) is 0. The molecule has 1 unspecified atom stereocenters. The number of ether oxygens (including phenoxy) is 1. The van der Waals surface area contributed by atoms with E-state index in [1.807, 2.05) is 0 Å². The topological polar surface area (TPSA) is 26.3 Å². The van der Waals surface area contributed by atoms with Crippen LogP contribution < -0.4 is 0 Å². The van der Waals surface area contributed by atoms with Crippen LogP contribution in [0, 0.1) is 11.8 Å². The zero-order chi connectivity index (χ0) is 18.5. The van der Waals surface area contributed by atoms with Gasteiger partial charge in [0, 0.05) is 12.5 Å². The van der Waals surface area contributed by atoms with Crippen LogP contribution in [0.3, 0.4) is 0 Å². The van der Waals surface area contributed by atoms with Crippen LogP contribution in [-0.4, -0.2) is 18.5 Å². The molecule has 0 bridgehead atoms. The van der Waals surface area contributed by atoms with Gasteiger partial charge < -0.3 is 4.74 Å². The minimum absolute atomic E-state index is 0.0806. The lowest BCUT2D eigenvalue weighted by Crippen LogP contribution is -2.38. The Morgan fingerprint density at radius 2 is 1.31 bits per heavy atom. The van der Waals surface area contributed by atoms with Crippen molar-refractivity contribution in [2.24, 2.45) is 11.8 Å². The van der Waals surface area contributed by atoms with Crippen LogP contribution in [0.1, 0.15) is 122 Å². The molecule has 2 aliphatic rings. The zero-order valence-electron chi connectivity index (χ0n) is 17.5. The van der Waals surface area contributed by atoms with E-state index in [1.165, 1.54) is 96.3 Å². The highest BCUT2D eigenvalue weighted by molar-refractivity contribution is 5.85. The minimum Gasteiger partial charge on any atom is -0.370 e. The number of carbonyl (C=O) groups excluding carboxylic acids is 1. The first kappa shape index (κ1) is 21.9. The third kappa shape index (κ3) is 8.11. The Balaban J connectivity index is 1.69. The highest BCUT2D eigenvalue weighted by atomic mass is 16.5. The fraction of sp³-hybridized carbons (Fsp3) is 0.958. The maximum atomic E-state index is 13.1. The van der Waals surface area contributed by atoms with Gasteiger partial charge >= 0.3 is 0 Å². The average Bonchev–Trinajstić information content (AvgIpc) is 2.70. The zero-order valence-corrected chi connectivity index (χ0v) is 17.5. The molecule has 0 amide bonds. The monoisotopic (exact) mass is 364 g/mol. The summed E-state index contributed by atoms with van der Waals surface area (Å²) in [6.07, 6.45) is 22.9. The molecular formula is C24H44O2. The summed E-state index contributed by atoms with van der Waals surface area (Å²) in [5, 5.41) is 0. The molecule has 0 spiro atoms. The molecule has 0 aromatic rings. The van der Waals surface area contributed by atoms with Crippen LogP contribution in [0.2, 0.25) is 0 Å². The lowest BCUT2D eigenvalue weighted by molar-refractivity contribution is -0.140. The first-order valence-corrected chi connectivity index (χ1v) is 12.0. The van der Waals surface area contributed by atoms with Gasteiger partial charge in [0.15, 0.2) is 5.78 Å². The van der Waals surface area contributed by atoms with E-state index in [0.717, 1.165) is 25.9 Å². The Hall–Kier alpha value is -0.370. The van der Waals surface area contributed by atoms with E-state index >= 15 is 0 Å². The van der Waals surface area contributed by atoms with Gasteiger partial charge in [-0.05, 0) is 38.0 Å². The second-order valence-corrected chi connectivity index (χ2v) is 8.90. The molecule has 0 saturated heterocycles. The highest BCUT2D eigenvalue weighted by Gasteiger charge is 2.34.